The van der Waals surface area contributed by atoms with E-state index in [-0.39, 0.29) is 38.6 Å². The second kappa shape index (κ2) is 57.1. The molecule has 0 saturated carbocycles. The van der Waals surface area contributed by atoms with Crippen LogP contribution in [-0.4, -0.2) is 82.3 Å². The quantitative estimate of drug-likeness (QED) is 0.0195. The van der Waals surface area contributed by atoms with Crippen LogP contribution in [-0.2, 0) is 33.3 Å². The average Bonchev–Trinajstić information content (AvgIpc) is 3.39. The van der Waals surface area contributed by atoms with E-state index in [0.29, 0.717) is 17.4 Å². The van der Waals surface area contributed by atoms with E-state index in [2.05, 4.69) is 123 Å². The minimum absolute atomic E-state index is 0.141. The van der Waals surface area contributed by atoms with Gasteiger partial charge in [0.15, 0.2) is 12.4 Å². The first kappa shape index (κ1) is 72.0. The van der Waals surface area contributed by atoms with Gasteiger partial charge in [0.2, 0.25) is 0 Å². The summed E-state index contributed by atoms with van der Waals surface area (Å²) in [5.41, 5.74) is 0. The summed E-state index contributed by atoms with van der Waals surface area (Å²) in [6.45, 7) is 4.59. The molecule has 0 spiro atoms. The molecule has 0 aromatic heterocycles. The number of rotatable bonds is 55. The molecule has 2 atom stereocenters. The van der Waals surface area contributed by atoms with Gasteiger partial charge in [-0.1, -0.05) is 232 Å². The zero-order valence-corrected chi connectivity index (χ0v) is 49.3. The average molecular weight is 1060 g/mol. The Morgan fingerprint density at radius 3 is 1.12 bits per heavy atom. The van der Waals surface area contributed by atoms with Gasteiger partial charge in [0.1, 0.15) is 13.2 Å². The number of ether oxygens (including phenoxy) is 4. The Labute approximate surface area is 466 Å². The monoisotopic (exact) mass is 1060 g/mol. The summed E-state index contributed by atoms with van der Waals surface area (Å²) in [7, 11) is 5.91. The van der Waals surface area contributed by atoms with Gasteiger partial charge >= 0.3 is 11.9 Å². The van der Waals surface area contributed by atoms with E-state index in [1.54, 1.807) is 0 Å². The van der Waals surface area contributed by atoms with Crippen LogP contribution in [0.4, 0.5) is 0 Å². The van der Waals surface area contributed by atoms with Gasteiger partial charge in [-0.05, 0) is 103 Å². The van der Waals surface area contributed by atoms with Crippen LogP contribution in [0.2, 0.25) is 0 Å². The van der Waals surface area contributed by atoms with Crippen LogP contribution in [0.1, 0.15) is 239 Å². The molecule has 0 aliphatic rings. The zero-order chi connectivity index (χ0) is 55.5. The molecule has 0 fully saturated rings. The van der Waals surface area contributed by atoms with Crippen molar-refractivity contribution < 1.29 is 42.9 Å². The third kappa shape index (κ3) is 57.7. The Hall–Kier alpha value is -4.05. The molecule has 434 valence electrons. The van der Waals surface area contributed by atoms with E-state index < -0.39 is 24.3 Å². The molecular weight excluding hydrogens is 947 g/mol. The van der Waals surface area contributed by atoms with Gasteiger partial charge in [-0.25, -0.2) is 0 Å². The maximum Gasteiger partial charge on any atom is 0.306 e. The lowest BCUT2D eigenvalue weighted by atomic mass is 10.0. The minimum atomic E-state index is -1.63. The maximum atomic E-state index is 12.9. The van der Waals surface area contributed by atoms with E-state index in [1.807, 2.05) is 21.1 Å². The van der Waals surface area contributed by atoms with Crippen LogP contribution in [0.15, 0.2) is 109 Å². The highest BCUT2D eigenvalue weighted by molar-refractivity contribution is 5.70. The Balaban J connectivity index is 4.17. The molecule has 9 nitrogen and oxygen atoms in total. The number of carboxylic acid groups (broad SMARTS) is 1. The van der Waals surface area contributed by atoms with E-state index in [9.17, 15) is 19.5 Å². The lowest BCUT2D eigenvalue weighted by molar-refractivity contribution is -0.870. The summed E-state index contributed by atoms with van der Waals surface area (Å²) in [6.07, 6.45) is 75.7. The number of hydrogen-bond donors (Lipinski definition) is 0. The van der Waals surface area contributed by atoms with E-state index >= 15 is 0 Å². The smallest absolute Gasteiger partial charge is 0.306 e. The maximum absolute atomic E-state index is 12.9. The normalized spacial score (nSPS) is 13.5. The molecule has 2 unspecified atom stereocenters. The molecule has 9 heteroatoms. The predicted molar refractivity (Wildman–Crippen MR) is 320 cm³/mol. The van der Waals surface area contributed by atoms with Crippen LogP contribution in [0, 0.1) is 0 Å². The first-order valence-corrected chi connectivity index (χ1v) is 30.5. The van der Waals surface area contributed by atoms with Crippen molar-refractivity contribution >= 4 is 17.9 Å². The molecule has 0 rings (SSSR count). The molecule has 0 aromatic carbocycles. The molecule has 0 aromatic rings. The van der Waals surface area contributed by atoms with Crippen molar-refractivity contribution in [2.24, 2.45) is 0 Å². The van der Waals surface area contributed by atoms with E-state index in [0.717, 1.165) is 109 Å². The van der Waals surface area contributed by atoms with Crippen molar-refractivity contribution in [1.82, 2.24) is 0 Å². The van der Waals surface area contributed by atoms with Crippen molar-refractivity contribution in [3.8, 4) is 0 Å². The first-order chi connectivity index (χ1) is 37.1. The number of carbonyl (C=O) groups excluding carboxylic acids is 3. The Morgan fingerprint density at radius 1 is 0.408 bits per heavy atom. The van der Waals surface area contributed by atoms with Gasteiger partial charge in [0, 0.05) is 12.8 Å². The number of carbonyl (C=O) groups is 3. The number of esters is 2. The molecule has 76 heavy (non-hydrogen) atoms. The van der Waals surface area contributed by atoms with Gasteiger partial charge in [-0.15, -0.1) is 0 Å². The number of hydrogen-bond acceptors (Lipinski definition) is 8. The fourth-order valence-electron chi connectivity index (χ4n) is 8.08. The number of carboxylic acids is 1. The minimum Gasteiger partial charge on any atom is -0.545 e. The second-order valence-corrected chi connectivity index (χ2v) is 21.3. The number of unbranched alkanes of at least 4 members (excludes halogenated alkanes) is 22. The highest BCUT2D eigenvalue weighted by atomic mass is 16.7. The predicted octanol–water partition coefficient (Wildman–Crippen LogP) is 17.0. The Bertz CT molecular complexity index is 1610. The van der Waals surface area contributed by atoms with Crippen LogP contribution in [0.3, 0.4) is 0 Å². The third-order valence-electron chi connectivity index (χ3n) is 12.8. The van der Waals surface area contributed by atoms with Crippen molar-refractivity contribution in [2.45, 2.75) is 251 Å². The number of likely N-dealkylation sites (N-methyl/N-ethyl adjacent to an activating group) is 1. The standard InChI is InChI=1S/C67H113NO8/c1-6-8-10-12-14-16-18-20-22-24-25-26-27-28-29-30-31-32-33-34-35-36-37-38-39-40-41-42-44-46-48-50-52-54-56-58-65(70)76-63(62-75-67(66(71)72)73-60-59-68(3,4)5)61-74-64(69)57-55-53-51-49-47-45-43-23-21-19-17-15-13-11-9-7-2/h8,10,14,16-17,19-20,22-23,25-26,28-29,31-32,34-35,43,63,67H,6-7,9,11-13,15,18,21,24,27,30,33,36-42,44-62H2,1-5H3/b10-8-,16-14-,19-17-,22-20-,26-25-,29-28-,32-31-,35-34-,43-23-. The van der Waals surface area contributed by atoms with E-state index in [4.69, 9.17) is 18.9 Å². The van der Waals surface area contributed by atoms with Crippen LogP contribution >= 0.6 is 0 Å². The van der Waals surface area contributed by atoms with Gasteiger partial charge in [-0.3, -0.25) is 9.59 Å². The van der Waals surface area contributed by atoms with Gasteiger partial charge in [0.05, 0.1) is 40.3 Å². The summed E-state index contributed by atoms with van der Waals surface area (Å²) in [5, 5.41) is 11.8. The number of allylic oxidation sites excluding steroid dienone is 18. The molecule has 0 heterocycles. The topological polar surface area (TPSA) is 111 Å². The summed E-state index contributed by atoms with van der Waals surface area (Å²) in [6, 6.07) is 0. The second-order valence-electron chi connectivity index (χ2n) is 21.3. The summed E-state index contributed by atoms with van der Waals surface area (Å²) in [4.78, 5) is 37.3. The largest absolute Gasteiger partial charge is 0.545 e. The fraction of sp³-hybridized carbons (Fsp3) is 0.687. The number of nitrogens with zero attached hydrogens (tertiary/aromatic N) is 1. The number of quaternary nitrogens is 1. The van der Waals surface area contributed by atoms with Crippen molar-refractivity contribution in [3.63, 3.8) is 0 Å². The van der Waals surface area contributed by atoms with Gasteiger partial charge < -0.3 is 33.3 Å². The fourth-order valence-corrected chi connectivity index (χ4v) is 8.08. The van der Waals surface area contributed by atoms with Crippen molar-refractivity contribution in [3.05, 3.63) is 109 Å². The van der Waals surface area contributed by atoms with Crippen LogP contribution in [0.25, 0.3) is 0 Å². The summed E-state index contributed by atoms with van der Waals surface area (Å²) < 4.78 is 22.7. The Morgan fingerprint density at radius 2 is 0.750 bits per heavy atom. The molecule has 0 amide bonds. The lowest BCUT2D eigenvalue weighted by Crippen LogP contribution is -2.44. The first-order valence-electron chi connectivity index (χ1n) is 30.5. The third-order valence-corrected chi connectivity index (χ3v) is 12.8. The highest BCUT2D eigenvalue weighted by Gasteiger charge is 2.22. The number of aliphatic carboxylic acids is 1. The molecule has 0 aliphatic heterocycles. The van der Waals surface area contributed by atoms with Gasteiger partial charge in [-0.2, -0.15) is 0 Å². The molecule has 0 saturated heterocycles. The summed E-state index contributed by atoms with van der Waals surface area (Å²) in [5.74, 6) is -2.31. The molecule has 0 radical (unpaired) electrons. The van der Waals surface area contributed by atoms with E-state index in [1.165, 1.54) is 96.3 Å². The SMILES string of the molecule is CC/C=C\C/C=C\C/C=C\C/C=C\C/C=C\C/C=C\C/C=C\CCCCCCCCCCCCCCCC(=O)OC(COC(=O)CCCCCCC/C=C\C/C=C\CCCCCC)COC(OCC[N+](C)(C)C)C(=O)[O-]. The summed E-state index contributed by atoms with van der Waals surface area (Å²) >= 11 is 0. The molecule has 0 bridgehead atoms. The van der Waals surface area contributed by atoms with Crippen LogP contribution < -0.4 is 5.11 Å². The zero-order valence-electron chi connectivity index (χ0n) is 49.3. The molecule has 0 N–H and O–H groups in total. The van der Waals surface area contributed by atoms with Crippen molar-refractivity contribution in [2.75, 3.05) is 47.5 Å². The van der Waals surface area contributed by atoms with Crippen molar-refractivity contribution in [1.29, 1.82) is 0 Å². The Kier molecular flexibility index (Phi) is 54.1. The lowest BCUT2D eigenvalue weighted by Gasteiger charge is -2.26. The van der Waals surface area contributed by atoms with Crippen LogP contribution in [0.5, 0.6) is 0 Å². The molecular formula is C67H113NO8. The van der Waals surface area contributed by atoms with Gasteiger partial charge in [0.25, 0.3) is 0 Å². The molecule has 0 aliphatic carbocycles. The highest BCUT2D eigenvalue weighted by Crippen LogP contribution is 2.15.